The molecule has 0 fully saturated rings. The van der Waals surface area contributed by atoms with Crippen LogP contribution in [0.2, 0.25) is 0 Å². The summed E-state index contributed by atoms with van der Waals surface area (Å²) in [5.41, 5.74) is 6.83. The first kappa shape index (κ1) is 23.7. The smallest absolute Gasteiger partial charge is 0.134 e. The van der Waals surface area contributed by atoms with E-state index in [0.29, 0.717) is 5.82 Å². The fourth-order valence-electron chi connectivity index (χ4n) is 4.33. The number of anilines is 1. The predicted molar refractivity (Wildman–Crippen MR) is 144 cm³/mol. The zero-order chi connectivity index (χ0) is 25.4. The maximum absolute atomic E-state index is 10.4. The standard InChI is InChI=1S/C30H30N4O2/c1-18-17-36-28-10-9-23(13-26(18)28)27-14-29(34-20(3)33-27)32-19(2)21-7-6-8-22(11-21)24-12-25(16-31-15-24)30(4,5)35/h6-17,19,35H,1-5H3,(H,32,33,34). The van der Waals surface area contributed by atoms with Gasteiger partial charge in [-0.2, -0.15) is 0 Å². The molecule has 36 heavy (non-hydrogen) atoms. The Hall–Kier alpha value is -4.03. The second kappa shape index (κ2) is 9.21. The number of aromatic nitrogens is 3. The van der Waals surface area contributed by atoms with Crippen LogP contribution < -0.4 is 5.32 Å². The highest BCUT2D eigenvalue weighted by Gasteiger charge is 2.17. The Morgan fingerprint density at radius 2 is 1.75 bits per heavy atom. The number of nitrogens with one attached hydrogen (secondary N) is 1. The van der Waals surface area contributed by atoms with Gasteiger partial charge in [0.05, 0.1) is 17.6 Å². The molecule has 6 heteroatoms. The Balaban J connectivity index is 1.42. The Kier molecular flexibility index (Phi) is 6.06. The van der Waals surface area contributed by atoms with Crippen LogP contribution in [0.15, 0.2) is 77.7 Å². The molecule has 2 N–H and O–H groups in total. The number of aryl methyl sites for hydroxylation is 2. The van der Waals surface area contributed by atoms with Crippen LogP contribution in [0.3, 0.4) is 0 Å². The number of aliphatic hydroxyl groups is 1. The van der Waals surface area contributed by atoms with Crippen molar-refractivity contribution in [1.29, 1.82) is 0 Å². The van der Waals surface area contributed by atoms with Crippen LogP contribution in [0.1, 0.15) is 49.3 Å². The number of nitrogens with zero attached hydrogens (tertiary/aromatic N) is 3. The third kappa shape index (κ3) is 4.86. The molecule has 0 radical (unpaired) electrons. The molecule has 5 aromatic rings. The first-order chi connectivity index (χ1) is 17.2. The molecule has 6 nitrogen and oxygen atoms in total. The summed E-state index contributed by atoms with van der Waals surface area (Å²) < 4.78 is 5.59. The van der Waals surface area contributed by atoms with Gasteiger partial charge in [-0.05, 0) is 81.6 Å². The number of furan rings is 1. The van der Waals surface area contributed by atoms with E-state index in [1.54, 1.807) is 26.3 Å². The highest BCUT2D eigenvalue weighted by Crippen LogP contribution is 2.30. The average molecular weight is 479 g/mol. The van der Waals surface area contributed by atoms with Crippen molar-refractivity contribution in [3.63, 3.8) is 0 Å². The van der Waals surface area contributed by atoms with Crippen molar-refractivity contribution >= 4 is 16.8 Å². The summed E-state index contributed by atoms with van der Waals surface area (Å²) in [5, 5.41) is 15.0. The van der Waals surface area contributed by atoms with E-state index >= 15 is 0 Å². The summed E-state index contributed by atoms with van der Waals surface area (Å²) in [5.74, 6) is 1.47. The number of hydrogen-bond donors (Lipinski definition) is 2. The fraction of sp³-hybridized carbons (Fsp3) is 0.233. The van der Waals surface area contributed by atoms with Crippen molar-refractivity contribution in [3.8, 4) is 22.4 Å². The van der Waals surface area contributed by atoms with Crippen LogP contribution in [-0.4, -0.2) is 20.1 Å². The predicted octanol–water partition coefficient (Wildman–Crippen LogP) is 6.97. The minimum Gasteiger partial charge on any atom is -0.464 e. The molecule has 1 atom stereocenters. The summed E-state index contributed by atoms with van der Waals surface area (Å²) in [6.45, 7) is 9.60. The molecule has 0 saturated heterocycles. The molecule has 0 amide bonds. The lowest BCUT2D eigenvalue weighted by atomic mass is 9.95. The first-order valence-corrected chi connectivity index (χ1v) is 12.1. The number of hydrogen-bond acceptors (Lipinski definition) is 6. The maximum Gasteiger partial charge on any atom is 0.134 e. The number of fused-ring (bicyclic) bond motifs is 1. The van der Waals surface area contributed by atoms with Crippen molar-refractivity contribution in [2.24, 2.45) is 0 Å². The maximum atomic E-state index is 10.4. The minimum atomic E-state index is -0.946. The summed E-state index contributed by atoms with van der Waals surface area (Å²) >= 11 is 0. The van der Waals surface area contributed by atoms with Crippen LogP contribution in [0.5, 0.6) is 0 Å². The van der Waals surface area contributed by atoms with Gasteiger partial charge in [-0.15, -0.1) is 0 Å². The van der Waals surface area contributed by atoms with E-state index in [1.807, 2.05) is 50.4 Å². The van der Waals surface area contributed by atoms with E-state index in [2.05, 4.69) is 51.5 Å². The van der Waals surface area contributed by atoms with Crippen molar-refractivity contribution < 1.29 is 9.52 Å². The van der Waals surface area contributed by atoms with Gasteiger partial charge < -0.3 is 14.8 Å². The fourth-order valence-corrected chi connectivity index (χ4v) is 4.33. The molecule has 5 rings (SSSR count). The van der Waals surface area contributed by atoms with Gasteiger partial charge in [0.15, 0.2) is 0 Å². The molecule has 3 aromatic heterocycles. The van der Waals surface area contributed by atoms with Crippen LogP contribution in [0, 0.1) is 13.8 Å². The topological polar surface area (TPSA) is 84.1 Å². The molecule has 0 aliphatic rings. The molecular weight excluding hydrogens is 448 g/mol. The van der Waals surface area contributed by atoms with E-state index in [-0.39, 0.29) is 6.04 Å². The molecule has 3 heterocycles. The summed E-state index contributed by atoms with van der Waals surface area (Å²) in [6, 6.07) is 18.5. The molecule has 0 saturated carbocycles. The van der Waals surface area contributed by atoms with Crippen molar-refractivity contribution in [3.05, 3.63) is 95.8 Å². The number of benzene rings is 2. The lowest BCUT2D eigenvalue weighted by Gasteiger charge is -2.19. The highest BCUT2D eigenvalue weighted by atomic mass is 16.3. The van der Waals surface area contributed by atoms with Crippen molar-refractivity contribution in [2.75, 3.05) is 5.32 Å². The van der Waals surface area contributed by atoms with Crippen LogP contribution >= 0.6 is 0 Å². The van der Waals surface area contributed by atoms with Gasteiger partial charge in [0.2, 0.25) is 0 Å². The zero-order valence-electron chi connectivity index (χ0n) is 21.2. The SMILES string of the molecule is Cc1nc(NC(C)c2cccc(-c3cncc(C(C)(C)O)c3)c2)cc(-c2ccc3occ(C)c3c2)n1. The quantitative estimate of drug-likeness (QED) is 0.274. The molecule has 1 unspecified atom stereocenters. The molecule has 182 valence electrons. The highest BCUT2D eigenvalue weighted by molar-refractivity contribution is 5.85. The van der Waals surface area contributed by atoms with E-state index < -0.39 is 5.60 Å². The molecule has 0 spiro atoms. The Morgan fingerprint density at radius 1 is 0.917 bits per heavy atom. The van der Waals surface area contributed by atoms with E-state index in [4.69, 9.17) is 4.42 Å². The molecule has 0 aliphatic heterocycles. The zero-order valence-corrected chi connectivity index (χ0v) is 21.2. The van der Waals surface area contributed by atoms with Gasteiger partial charge in [0, 0.05) is 46.6 Å². The lowest BCUT2D eigenvalue weighted by molar-refractivity contribution is 0.0783. The Labute approximate surface area is 211 Å². The Morgan fingerprint density at radius 3 is 2.56 bits per heavy atom. The van der Waals surface area contributed by atoms with Crippen LogP contribution in [-0.2, 0) is 5.60 Å². The second-order valence-corrected chi connectivity index (χ2v) is 9.83. The molecular formula is C30H30N4O2. The van der Waals surface area contributed by atoms with Gasteiger partial charge in [-0.1, -0.05) is 18.2 Å². The van der Waals surface area contributed by atoms with Crippen molar-refractivity contribution in [2.45, 2.75) is 46.3 Å². The van der Waals surface area contributed by atoms with Gasteiger partial charge in [0.1, 0.15) is 17.2 Å². The lowest BCUT2D eigenvalue weighted by Crippen LogP contribution is -2.15. The molecule has 0 bridgehead atoms. The van der Waals surface area contributed by atoms with Gasteiger partial charge in [0.25, 0.3) is 0 Å². The largest absolute Gasteiger partial charge is 0.464 e. The second-order valence-electron chi connectivity index (χ2n) is 9.83. The van der Waals surface area contributed by atoms with Gasteiger partial charge in [-0.3, -0.25) is 4.98 Å². The number of rotatable bonds is 6. The minimum absolute atomic E-state index is 0.0103. The Bertz CT molecular complexity index is 1550. The van der Waals surface area contributed by atoms with Crippen LogP contribution in [0.25, 0.3) is 33.4 Å². The van der Waals surface area contributed by atoms with Gasteiger partial charge >= 0.3 is 0 Å². The van der Waals surface area contributed by atoms with Crippen molar-refractivity contribution in [1.82, 2.24) is 15.0 Å². The summed E-state index contributed by atoms with van der Waals surface area (Å²) in [7, 11) is 0. The van der Waals surface area contributed by atoms with Gasteiger partial charge in [-0.25, -0.2) is 9.97 Å². The number of pyridine rings is 1. The molecule has 0 aliphatic carbocycles. The van der Waals surface area contributed by atoms with E-state index in [0.717, 1.165) is 55.9 Å². The van der Waals surface area contributed by atoms with Crippen LogP contribution in [0.4, 0.5) is 5.82 Å². The third-order valence-corrected chi connectivity index (χ3v) is 6.43. The third-order valence-electron chi connectivity index (χ3n) is 6.43. The van der Waals surface area contributed by atoms with E-state index in [9.17, 15) is 5.11 Å². The van der Waals surface area contributed by atoms with E-state index in [1.165, 1.54) is 0 Å². The normalized spacial score (nSPS) is 12.6. The first-order valence-electron chi connectivity index (χ1n) is 12.1. The average Bonchev–Trinajstić information content (AvgIpc) is 3.23. The molecule has 2 aromatic carbocycles. The summed E-state index contributed by atoms with van der Waals surface area (Å²) in [4.78, 5) is 13.7. The summed E-state index contributed by atoms with van der Waals surface area (Å²) in [6.07, 6.45) is 5.31. The monoisotopic (exact) mass is 478 g/mol.